The van der Waals surface area contributed by atoms with Gasteiger partial charge < -0.3 is 10.1 Å². The van der Waals surface area contributed by atoms with Crippen LogP contribution < -0.4 is 10.1 Å². The van der Waals surface area contributed by atoms with E-state index in [0.717, 1.165) is 11.3 Å². The number of nitrogens with one attached hydrogen (secondary N) is 1. The first-order valence-corrected chi connectivity index (χ1v) is 9.14. The lowest BCUT2D eigenvalue weighted by Crippen LogP contribution is -2.12. The Hall–Kier alpha value is -3.40. The summed E-state index contributed by atoms with van der Waals surface area (Å²) in [5.74, 6) is 0.632. The number of hydrogen-bond acceptors (Lipinski definition) is 3. The number of rotatable bonds is 6. The molecule has 1 N–H and O–H groups in total. The average Bonchev–Trinajstić information content (AvgIpc) is 2.69. The molecule has 0 atom stereocenters. The summed E-state index contributed by atoms with van der Waals surface area (Å²) in [6, 6.07) is 20.2. The van der Waals surface area contributed by atoms with Gasteiger partial charge in [-0.3, -0.25) is 9.59 Å². The lowest BCUT2D eigenvalue weighted by Gasteiger charge is -2.09. The molecule has 0 radical (unpaired) electrons. The molecule has 3 aromatic rings. The van der Waals surface area contributed by atoms with E-state index in [0.29, 0.717) is 23.4 Å². The number of ether oxygens (including phenoxy) is 1. The minimum absolute atomic E-state index is 0.00326. The molecule has 1 amide bonds. The molecule has 0 spiro atoms. The second kappa shape index (κ2) is 8.53. The van der Waals surface area contributed by atoms with Crippen LogP contribution >= 0.6 is 0 Å². The molecular weight excluding hydrogens is 350 g/mol. The maximum Gasteiger partial charge on any atom is 0.255 e. The Balaban J connectivity index is 1.59. The summed E-state index contributed by atoms with van der Waals surface area (Å²) in [4.78, 5) is 23.7. The summed E-state index contributed by atoms with van der Waals surface area (Å²) >= 11 is 0. The second-order valence-corrected chi connectivity index (χ2v) is 6.82. The third kappa shape index (κ3) is 4.86. The van der Waals surface area contributed by atoms with Crippen molar-refractivity contribution in [3.8, 4) is 5.75 Å². The largest absolute Gasteiger partial charge is 0.489 e. The van der Waals surface area contributed by atoms with Crippen LogP contribution in [0, 0.1) is 13.8 Å². The number of hydrogen-bond donors (Lipinski definition) is 1. The van der Waals surface area contributed by atoms with E-state index >= 15 is 0 Å². The lowest BCUT2D eigenvalue weighted by molar-refractivity contribution is 0.101. The van der Waals surface area contributed by atoms with E-state index < -0.39 is 0 Å². The van der Waals surface area contributed by atoms with E-state index in [2.05, 4.69) is 19.2 Å². The van der Waals surface area contributed by atoms with Gasteiger partial charge in [-0.05, 0) is 86.0 Å². The Morgan fingerprint density at radius 1 is 0.821 bits per heavy atom. The van der Waals surface area contributed by atoms with Crippen LogP contribution in [0.2, 0.25) is 0 Å². The number of aryl methyl sites for hydroxylation is 2. The van der Waals surface area contributed by atoms with Gasteiger partial charge in [0, 0.05) is 16.8 Å². The van der Waals surface area contributed by atoms with Crippen LogP contribution in [0.3, 0.4) is 0 Å². The molecule has 0 aliphatic heterocycles. The molecule has 0 aliphatic carbocycles. The summed E-state index contributed by atoms with van der Waals surface area (Å²) in [6.07, 6.45) is 0. The van der Waals surface area contributed by atoms with Crippen molar-refractivity contribution in [2.45, 2.75) is 27.4 Å². The zero-order chi connectivity index (χ0) is 20.1. The fourth-order valence-electron chi connectivity index (χ4n) is 2.71. The van der Waals surface area contributed by atoms with Crippen LogP contribution in [0.4, 0.5) is 5.69 Å². The smallest absolute Gasteiger partial charge is 0.255 e. The Morgan fingerprint density at radius 2 is 1.46 bits per heavy atom. The standard InChI is InChI=1S/C24H23NO3/c1-16-4-13-23(14-17(16)2)28-15-19-5-7-21(8-6-19)24(27)25-22-11-9-20(10-12-22)18(3)26/h4-14H,15H2,1-3H3,(H,25,27). The van der Waals surface area contributed by atoms with Crippen molar-refractivity contribution in [1.29, 1.82) is 0 Å². The SMILES string of the molecule is CC(=O)c1ccc(NC(=O)c2ccc(COc3ccc(C)c(C)c3)cc2)cc1. The van der Waals surface area contributed by atoms with Crippen molar-refractivity contribution in [3.05, 3.63) is 94.5 Å². The van der Waals surface area contributed by atoms with Crippen LogP contribution in [-0.4, -0.2) is 11.7 Å². The number of benzene rings is 3. The van der Waals surface area contributed by atoms with Gasteiger partial charge in [0.2, 0.25) is 0 Å². The number of anilines is 1. The van der Waals surface area contributed by atoms with Crippen molar-refractivity contribution in [3.63, 3.8) is 0 Å². The predicted octanol–water partition coefficient (Wildman–Crippen LogP) is 5.34. The molecule has 4 heteroatoms. The fraction of sp³-hybridized carbons (Fsp3) is 0.167. The van der Waals surface area contributed by atoms with Crippen LogP contribution in [0.5, 0.6) is 5.75 Å². The zero-order valence-electron chi connectivity index (χ0n) is 16.3. The van der Waals surface area contributed by atoms with E-state index in [4.69, 9.17) is 4.74 Å². The van der Waals surface area contributed by atoms with Gasteiger partial charge in [0.15, 0.2) is 5.78 Å². The summed E-state index contributed by atoms with van der Waals surface area (Å²) in [5.41, 5.74) is 5.24. The number of Topliss-reactive ketones (excluding diaryl/α,β-unsaturated/α-hetero) is 1. The minimum atomic E-state index is -0.197. The van der Waals surface area contributed by atoms with E-state index in [1.807, 2.05) is 30.3 Å². The molecule has 0 aliphatic rings. The van der Waals surface area contributed by atoms with Gasteiger partial charge in [-0.25, -0.2) is 0 Å². The highest BCUT2D eigenvalue weighted by Crippen LogP contribution is 2.18. The maximum absolute atomic E-state index is 12.4. The molecule has 0 unspecified atom stereocenters. The minimum Gasteiger partial charge on any atom is -0.489 e. The summed E-state index contributed by atoms with van der Waals surface area (Å²) in [6.45, 7) is 6.08. The Morgan fingerprint density at radius 3 is 2.07 bits per heavy atom. The molecule has 0 saturated carbocycles. The zero-order valence-corrected chi connectivity index (χ0v) is 16.3. The van der Waals surface area contributed by atoms with Crippen molar-refractivity contribution in [2.75, 3.05) is 5.32 Å². The van der Waals surface area contributed by atoms with Gasteiger partial charge in [0.05, 0.1) is 0 Å². The molecule has 0 bridgehead atoms. The molecule has 142 valence electrons. The number of amides is 1. The van der Waals surface area contributed by atoms with Crippen molar-refractivity contribution in [1.82, 2.24) is 0 Å². The molecule has 0 saturated heterocycles. The normalized spacial score (nSPS) is 10.4. The Labute approximate surface area is 165 Å². The van der Waals surface area contributed by atoms with Gasteiger partial charge in [0.1, 0.15) is 12.4 Å². The van der Waals surface area contributed by atoms with Gasteiger partial charge in [-0.2, -0.15) is 0 Å². The fourth-order valence-corrected chi connectivity index (χ4v) is 2.71. The summed E-state index contributed by atoms with van der Waals surface area (Å²) in [7, 11) is 0. The van der Waals surface area contributed by atoms with Crippen LogP contribution in [0.25, 0.3) is 0 Å². The Bertz CT molecular complexity index is 989. The molecule has 28 heavy (non-hydrogen) atoms. The first-order chi connectivity index (χ1) is 13.4. The lowest BCUT2D eigenvalue weighted by atomic mass is 10.1. The van der Waals surface area contributed by atoms with E-state index in [-0.39, 0.29) is 11.7 Å². The van der Waals surface area contributed by atoms with Gasteiger partial charge in [-0.15, -0.1) is 0 Å². The quantitative estimate of drug-likeness (QED) is 0.594. The molecule has 0 heterocycles. The average molecular weight is 373 g/mol. The first-order valence-electron chi connectivity index (χ1n) is 9.14. The molecular formula is C24H23NO3. The predicted molar refractivity (Wildman–Crippen MR) is 111 cm³/mol. The maximum atomic E-state index is 12.4. The van der Waals surface area contributed by atoms with Crippen molar-refractivity contribution >= 4 is 17.4 Å². The highest BCUT2D eigenvalue weighted by atomic mass is 16.5. The topological polar surface area (TPSA) is 55.4 Å². The Kier molecular flexibility index (Phi) is 5.90. The monoisotopic (exact) mass is 373 g/mol. The molecule has 0 aromatic heterocycles. The summed E-state index contributed by atoms with van der Waals surface area (Å²) in [5, 5.41) is 2.83. The summed E-state index contributed by atoms with van der Waals surface area (Å²) < 4.78 is 5.83. The van der Waals surface area contributed by atoms with Gasteiger partial charge in [-0.1, -0.05) is 18.2 Å². The molecule has 0 fully saturated rings. The van der Waals surface area contributed by atoms with Crippen molar-refractivity contribution < 1.29 is 14.3 Å². The van der Waals surface area contributed by atoms with E-state index in [9.17, 15) is 9.59 Å². The third-order valence-electron chi connectivity index (χ3n) is 4.65. The van der Waals surface area contributed by atoms with Crippen LogP contribution in [0.1, 0.15) is 44.3 Å². The highest BCUT2D eigenvalue weighted by Gasteiger charge is 2.07. The van der Waals surface area contributed by atoms with E-state index in [1.165, 1.54) is 18.1 Å². The second-order valence-electron chi connectivity index (χ2n) is 6.82. The van der Waals surface area contributed by atoms with Crippen LogP contribution in [0.15, 0.2) is 66.7 Å². The number of carbonyl (C=O) groups excluding carboxylic acids is 2. The van der Waals surface area contributed by atoms with Gasteiger partial charge >= 0.3 is 0 Å². The third-order valence-corrected chi connectivity index (χ3v) is 4.65. The van der Waals surface area contributed by atoms with Crippen molar-refractivity contribution in [2.24, 2.45) is 0 Å². The first kappa shape index (κ1) is 19.4. The van der Waals surface area contributed by atoms with Gasteiger partial charge in [0.25, 0.3) is 5.91 Å². The van der Waals surface area contributed by atoms with Crippen LogP contribution in [-0.2, 0) is 6.61 Å². The molecule has 3 aromatic carbocycles. The van der Waals surface area contributed by atoms with E-state index in [1.54, 1.807) is 36.4 Å². The number of carbonyl (C=O) groups is 2. The molecule has 3 rings (SSSR count). The highest BCUT2D eigenvalue weighted by molar-refractivity contribution is 6.04. The molecule has 4 nitrogen and oxygen atoms in total. The number of ketones is 1.